The first-order valence-corrected chi connectivity index (χ1v) is 8.18. The Morgan fingerprint density at radius 3 is 2.22 bits per heavy atom. The Balaban J connectivity index is 2.18. The van der Waals surface area contributed by atoms with E-state index >= 15 is 0 Å². The Labute approximate surface area is 138 Å². The first-order valence-electron chi connectivity index (χ1n) is 6.96. The van der Waals surface area contributed by atoms with E-state index in [9.17, 15) is 10.5 Å². The van der Waals surface area contributed by atoms with Crippen molar-refractivity contribution in [1.29, 1.82) is 10.5 Å². The van der Waals surface area contributed by atoms with Crippen molar-refractivity contribution in [2.24, 2.45) is 21.6 Å². The summed E-state index contributed by atoms with van der Waals surface area (Å²) in [6, 6.07) is 12.2. The number of nitriles is 2. The van der Waals surface area contributed by atoms with Crippen LogP contribution >= 0.6 is 11.8 Å². The van der Waals surface area contributed by atoms with E-state index in [0.29, 0.717) is 0 Å². The summed E-state index contributed by atoms with van der Waals surface area (Å²) in [5, 5.41) is 19.7. The second kappa shape index (κ2) is 4.97. The molecule has 1 aromatic rings. The Morgan fingerprint density at radius 1 is 1.17 bits per heavy atom. The third-order valence-electron chi connectivity index (χ3n) is 4.93. The number of nitrogens with two attached hydrogens (primary N) is 1. The number of rotatable bonds is 4. The normalized spacial score (nSPS) is 33.3. The molecule has 0 unspecified atom stereocenters. The summed E-state index contributed by atoms with van der Waals surface area (Å²) in [7, 11) is 2.80. The van der Waals surface area contributed by atoms with E-state index in [1.54, 1.807) is 11.8 Å². The van der Waals surface area contributed by atoms with E-state index in [1.165, 1.54) is 14.2 Å². The van der Waals surface area contributed by atoms with Crippen molar-refractivity contribution in [3.8, 4) is 12.1 Å². The van der Waals surface area contributed by atoms with Crippen LogP contribution in [-0.4, -0.2) is 32.2 Å². The summed E-state index contributed by atoms with van der Waals surface area (Å²) < 4.78 is 10.8. The number of amidine groups is 1. The van der Waals surface area contributed by atoms with Crippen molar-refractivity contribution in [3.63, 3.8) is 0 Å². The molecule has 7 heteroatoms. The van der Waals surface area contributed by atoms with Crippen LogP contribution in [0, 0.1) is 33.5 Å². The zero-order chi connectivity index (χ0) is 16.9. The second-order valence-corrected chi connectivity index (χ2v) is 6.41. The highest BCUT2D eigenvalue weighted by Gasteiger charge is 2.93. The van der Waals surface area contributed by atoms with Crippen molar-refractivity contribution in [2.45, 2.75) is 16.7 Å². The summed E-state index contributed by atoms with van der Waals surface area (Å²) in [5.74, 6) is -1.92. The minimum Gasteiger partial charge on any atom is -0.386 e. The quantitative estimate of drug-likeness (QED) is 0.668. The lowest BCUT2D eigenvalue weighted by Crippen LogP contribution is -2.41. The summed E-state index contributed by atoms with van der Waals surface area (Å²) >= 11 is 1.62. The van der Waals surface area contributed by atoms with E-state index in [1.807, 2.05) is 30.5 Å². The van der Waals surface area contributed by atoms with Gasteiger partial charge < -0.3 is 15.2 Å². The zero-order valence-electron chi connectivity index (χ0n) is 13.0. The number of hydrogen-bond acceptors (Lipinski definition) is 7. The lowest BCUT2D eigenvalue weighted by atomic mass is 9.93. The van der Waals surface area contributed by atoms with Gasteiger partial charge >= 0.3 is 0 Å². The Hall–Kier alpha value is -2.06. The fourth-order valence-electron chi connectivity index (χ4n) is 3.82. The molecule has 118 valence electrons. The number of hydrogen-bond donors (Lipinski definition) is 1. The van der Waals surface area contributed by atoms with Gasteiger partial charge in [0, 0.05) is 25.0 Å². The monoisotopic (exact) mass is 328 g/mol. The average Bonchev–Trinajstić information content (AvgIpc) is 3.17. The van der Waals surface area contributed by atoms with Crippen molar-refractivity contribution >= 4 is 17.6 Å². The van der Waals surface area contributed by atoms with Gasteiger partial charge in [0.05, 0.1) is 12.1 Å². The molecule has 1 aliphatic heterocycles. The van der Waals surface area contributed by atoms with Crippen molar-refractivity contribution < 1.29 is 9.47 Å². The van der Waals surface area contributed by atoms with Gasteiger partial charge in [-0.05, 0) is 24.0 Å². The molecule has 0 saturated heterocycles. The van der Waals surface area contributed by atoms with Crippen LogP contribution < -0.4 is 5.73 Å². The molecule has 2 aliphatic rings. The van der Waals surface area contributed by atoms with E-state index in [2.05, 4.69) is 17.1 Å². The number of nitrogens with zero attached hydrogens (tertiary/aromatic N) is 3. The molecular formula is C16H16N4O2S. The van der Waals surface area contributed by atoms with E-state index in [-0.39, 0.29) is 5.84 Å². The molecule has 3 atom stereocenters. The van der Waals surface area contributed by atoms with Gasteiger partial charge in [-0.2, -0.15) is 10.5 Å². The molecule has 1 aromatic carbocycles. The first-order chi connectivity index (χ1) is 11.0. The van der Waals surface area contributed by atoms with Gasteiger partial charge in [-0.25, -0.2) is 4.99 Å². The molecule has 0 amide bonds. The fourth-order valence-corrected chi connectivity index (χ4v) is 4.23. The predicted octanol–water partition coefficient (Wildman–Crippen LogP) is 1.84. The lowest BCUT2D eigenvalue weighted by molar-refractivity contribution is -0.230. The third-order valence-corrected chi connectivity index (χ3v) is 5.67. The highest BCUT2D eigenvalue weighted by molar-refractivity contribution is 7.98. The van der Waals surface area contributed by atoms with Gasteiger partial charge in [0.15, 0.2) is 5.41 Å². The largest absolute Gasteiger partial charge is 0.386 e. The van der Waals surface area contributed by atoms with Crippen LogP contribution in [-0.2, 0) is 9.47 Å². The minimum atomic E-state index is -1.57. The summed E-state index contributed by atoms with van der Waals surface area (Å²) in [4.78, 5) is 5.28. The standard InChI is InChI=1S/C16H16N4O2S/c1-21-16(22-2)15(9-18)12(14(15,8-17)13(19)20-16)10-4-6-11(23-3)7-5-10/h4-7,12H,1-3H3,(H2,19,20)/t12-,14+,15+/m1/s1. The van der Waals surface area contributed by atoms with Crippen LogP contribution in [0.15, 0.2) is 34.2 Å². The van der Waals surface area contributed by atoms with Crippen LogP contribution in [0.2, 0.25) is 0 Å². The molecule has 0 spiro atoms. The van der Waals surface area contributed by atoms with Crippen LogP contribution in [0.3, 0.4) is 0 Å². The van der Waals surface area contributed by atoms with Crippen molar-refractivity contribution in [3.05, 3.63) is 29.8 Å². The molecule has 2 N–H and O–H groups in total. The maximum atomic E-state index is 9.92. The number of methoxy groups -OCH3 is 2. The smallest absolute Gasteiger partial charge is 0.292 e. The molecule has 1 fully saturated rings. The number of benzene rings is 1. The van der Waals surface area contributed by atoms with Crippen molar-refractivity contribution in [1.82, 2.24) is 0 Å². The number of aliphatic imine (C=N–C) groups is 1. The fraction of sp³-hybridized carbons (Fsp3) is 0.438. The summed E-state index contributed by atoms with van der Waals surface area (Å²) in [6.45, 7) is 0. The van der Waals surface area contributed by atoms with E-state index < -0.39 is 22.7 Å². The number of ether oxygens (including phenoxy) is 2. The van der Waals surface area contributed by atoms with E-state index in [4.69, 9.17) is 15.2 Å². The molecule has 0 aromatic heterocycles. The molecule has 0 radical (unpaired) electrons. The molecule has 1 aliphatic carbocycles. The van der Waals surface area contributed by atoms with Gasteiger partial charge in [-0.15, -0.1) is 11.8 Å². The van der Waals surface area contributed by atoms with Crippen LogP contribution in [0.1, 0.15) is 11.5 Å². The van der Waals surface area contributed by atoms with Gasteiger partial charge in [-0.3, -0.25) is 0 Å². The van der Waals surface area contributed by atoms with Gasteiger partial charge in [-0.1, -0.05) is 12.1 Å². The maximum absolute atomic E-state index is 9.92. The van der Waals surface area contributed by atoms with Gasteiger partial charge in [0.25, 0.3) is 5.91 Å². The first kappa shape index (κ1) is 15.8. The summed E-state index contributed by atoms with van der Waals surface area (Å²) in [6.07, 6.45) is 1.99. The molecule has 1 heterocycles. The molecule has 0 bridgehead atoms. The van der Waals surface area contributed by atoms with Crippen LogP contribution in [0.4, 0.5) is 0 Å². The molecule has 23 heavy (non-hydrogen) atoms. The van der Waals surface area contributed by atoms with E-state index in [0.717, 1.165) is 10.5 Å². The Morgan fingerprint density at radius 2 is 1.78 bits per heavy atom. The predicted molar refractivity (Wildman–Crippen MR) is 85.4 cm³/mol. The zero-order valence-corrected chi connectivity index (χ0v) is 13.8. The average molecular weight is 328 g/mol. The topological polar surface area (TPSA) is 104 Å². The number of thioether (sulfide) groups is 1. The van der Waals surface area contributed by atoms with Crippen LogP contribution in [0.25, 0.3) is 0 Å². The molecule has 6 nitrogen and oxygen atoms in total. The van der Waals surface area contributed by atoms with Crippen LogP contribution in [0.5, 0.6) is 0 Å². The Bertz CT molecular complexity index is 760. The van der Waals surface area contributed by atoms with Crippen molar-refractivity contribution in [2.75, 3.05) is 20.5 Å². The SMILES string of the molecule is COC1(OC)N=C(N)[C@]2(C#N)[C@@H](c3ccc(SC)cc3)[C@]12C#N. The highest BCUT2D eigenvalue weighted by atomic mass is 32.2. The number of fused-ring (bicyclic) bond motifs is 1. The Kier molecular flexibility index (Phi) is 3.42. The molecule has 3 rings (SSSR count). The van der Waals surface area contributed by atoms with Gasteiger partial charge in [0.1, 0.15) is 11.3 Å². The second-order valence-electron chi connectivity index (χ2n) is 5.53. The highest BCUT2D eigenvalue weighted by Crippen LogP contribution is 2.81. The lowest BCUT2D eigenvalue weighted by Gasteiger charge is -2.29. The molecule has 1 saturated carbocycles. The third kappa shape index (κ3) is 1.52. The maximum Gasteiger partial charge on any atom is 0.292 e. The summed E-state index contributed by atoms with van der Waals surface area (Å²) in [5.41, 5.74) is 4.38. The minimum absolute atomic E-state index is 0.0872. The van der Waals surface area contributed by atoms with Gasteiger partial charge in [0.2, 0.25) is 0 Å². The molecular weight excluding hydrogens is 312 g/mol.